The first-order valence-electron chi connectivity index (χ1n) is 8.53. The molecule has 1 aliphatic rings. The Morgan fingerprint density at radius 1 is 0.846 bits per heavy atom. The summed E-state index contributed by atoms with van der Waals surface area (Å²) >= 11 is 0. The fourth-order valence-electron chi connectivity index (χ4n) is 2.93. The summed E-state index contributed by atoms with van der Waals surface area (Å²) in [6.45, 7) is 0.504. The largest absolute Gasteiger partial charge is 0.387 e. The number of aldehydes is 1. The van der Waals surface area contributed by atoms with Crippen LogP contribution in [0.1, 0.15) is 11.1 Å². The summed E-state index contributed by atoms with van der Waals surface area (Å²) in [6.07, 6.45) is -1.91. The van der Waals surface area contributed by atoms with Crippen LogP contribution in [-0.4, -0.2) is 40.9 Å². The van der Waals surface area contributed by atoms with Crippen LogP contribution in [0.5, 0.6) is 0 Å². The van der Waals surface area contributed by atoms with Crippen molar-refractivity contribution in [2.24, 2.45) is 0 Å². The van der Waals surface area contributed by atoms with Crippen molar-refractivity contribution in [1.29, 1.82) is 0 Å². The highest BCUT2D eigenvalue weighted by atomic mass is 16.5. The van der Waals surface area contributed by atoms with E-state index in [1.54, 1.807) is 0 Å². The molecule has 2 N–H and O–H groups in total. The van der Waals surface area contributed by atoms with Crippen LogP contribution in [0.4, 0.5) is 0 Å². The van der Waals surface area contributed by atoms with Crippen LogP contribution in [0.2, 0.25) is 0 Å². The molecule has 2 aromatic carbocycles. The van der Waals surface area contributed by atoms with Crippen molar-refractivity contribution in [1.82, 2.24) is 0 Å². The van der Waals surface area contributed by atoms with Crippen LogP contribution in [-0.2, 0) is 27.5 Å². The first-order chi connectivity index (χ1) is 12.7. The van der Waals surface area contributed by atoms with Gasteiger partial charge in [-0.05, 0) is 17.2 Å². The van der Waals surface area contributed by atoms with E-state index in [-0.39, 0.29) is 18.8 Å². The lowest BCUT2D eigenvalue weighted by Gasteiger charge is -2.36. The Labute approximate surface area is 152 Å². The average molecular weight is 354 g/mol. The maximum Gasteiger partial charge on any atom is 0.148 e. The van der Waals surface area contributed by atoms with Gasteiger partial charge in [-0.3, -0.25) is 4.79 Å². The van der Waals surface area contributed by atoms with Crippen LogP contribution in [0, 0.1) is 0 Å². The summed E-state index contributed by atoms with van der Waals surface area (Å²) < 4.78 is 11.5. The number of benzene rings is 2. The van der Waals surface area contributed by atoms with Gasteiger partial charge in [-0.25, -0.2) is 0 Å². The molecular weight excluding hydrogens is 332 g/mol. The molecule has 0 saturated heterocycles. The molecule has 1 aliphatic carbocycles. The Morgan fingerprint density at radius 3 is 1.92 bits per heavy atom. The number of carbonyl (C=O) groups is 1. The Bertz CT molecular complexity index is 729. The summed E-state index contributed by atoms with van der Waals surface area (Å²) in [6, 6.07) is 19.0. The van der Waals surface area contributed by atoms with Crippen molar-refractivity contribution in [2.45, 2.75) is 37.6 Å². The molecule has 0 bridgehead atoms. The molecule has 136 valence electrons. The molecule has 0 spiro atoms. The maximum absolute atomic E-state index is 11.3. The number of hydrogen-bond donors (Lipinski definition) is 2. The molecule has 3 rings (SSSR count). The van der Waals surface area contributed by atoms with Gasteiger partial charge in [-0.1, -0.05) is 60.7 Å². The molecule has 0 unspecified atom stereocenters. The standard InChI is InChI=1S/C21H22O5/c22-12-17-11-18(25-13-15-7-3-1-4-8-15)20(24)21(19(17)23)26-14-16-9-5-2-6-10-16/h1-12,18-21,23-24H,13-14H2/t18-,19-,20+,21+/m0/s1. The van der Waals surface area contributed by atoms with E-state index in [1.807, 2.05) is 60.7 Å². The Kier molecular flexibility index (Phi) is 6.30. The Balaban J connectivity index is 1.69. The van der Waals surface area contributed by atoms with Gasteiger partial charge in [0, 0.05) is 5.57 Å². The van der Waals surface area contributed by atoms with Crippen molar-refractivity contribution in [2.75, 3.05) is 0 Å². The van der Waals surface area contributed by atoms with Crippen LogP contribution >= 0.6 is 0 Å². The van der Waals surface area contributed by atoms with E-state index in [1.165, 1.54) is 6.08 Å². The van der Waals surface area contributed by atoms with Gasteiger partial charge in [0.05, 0.1) is 13.2 Å². The number of rotatable bonds is 7. The first kappa shape index (κ1) is 18.5. The lowest BCUT2D eigenvalue weighted by atomic mass is 9.89. The second-order valence-electron chi connectivity index (χ2n) is 6.24. The van der Waals surface area contributed by atoms with Crippen molar-refractivity contribution >= 4 is 6.29 Å². The van der Waals surface area contributed by atoms with Gasteiger partial charge in [0.15, 0.2) is 0 Å². The van der Waals surface area contributed by atoms with Gasteiger partial charge in [0.25, 0.3) is 0 Å². The number of aliphatic hydroxyl groups is 2. The van der Waals surface area contributed by atoms with E-state index in [0.717, 1.165) is 11.1 Å². The van der Waals surface area contributed by atoms with Crippen LogP contribution < -0.4 is 0 Å². The topological polar surface area (TPSA) is 76.0 Å². The molecular formula is C21H22O5. The smallest absolute Gasteiger partial charge is 0.148 e. The lowest BCUT2D eigenvalue weighted by Crippen LogP contribution is -2.51. The zero-order valence-corrected chi connectivity index (χ0v) is 14.3. The molecule has 4 atom stereocenters. The Hall–Kier alpha value is -2.31. The molecule has 0 radical (unpaired) electrons. The number of hydrogen-bond acceptors (Lipinski definition) is 5. The van der Waals surface area contributed by atoms with E-state index in [2.05, 4.69) is 0 Å². The third-order valence-electron chi connectivity index (χ3n) is 4.39. The molecule has 26 heavy (non-hydrogen) atoms. The van der Waals surface area contributed by atoms with Gasteiger partial charge in [0.1, 0.15) is 30.7 Å². The average Bonchev–Trinajstić information content (AvgIpc) is 2.69. The summed E-state index contributed by atoms with van der Waals surface area (Å²) in [7, 11) is 0. The number of carbonyl (C=O) groups excluding carboxylic acids is 1. The van der Waals surface area contributed by atoms with E-state index < -0.39 is 24.4 Å². The van der Waals surface area contributed by atoms with Gasteiger partial charge < -0.3 is 19.7 Å². The molecule has 2 aromatic rings. The molecule has 0 amide bonds. The fourth-order valence-corrected chi connectivity index (χ4v) is 2.93. The molecule has 5 nitrogen and oxygen atoms in total. The normalized spacial score (nSPS) is 25.5. The second kappa shape index (κ2) is 8.87. The Morgan fingerprint density at radius 2 is 1.38 bits per heavy atom. The van der Waals surface area contributed by atoms with Crippen molar-refractivity contribution in [3.8, 4) is 0 Å². The summed E-state index contributed by atoms with van der Waals surface area (Å²) in [5, 5.41) is 20.9. The minimum Gasteiger partial charge on any atom is -0.387 e. The highest BCUT2D eigenvalue weighted by molar-refractivity contribution is 5.75. The predicted molar refractivity (Wildman–Crippen MR) is 96.2 cm³/mol. The molecule has 0 saturated carbocycles. The van der Waals surface area contributed by atoms with E-state index >= 15 is 0 Å². The number of aliphatic hydroxyl groups excluding tert-OH is 2. The lowest BCUT2D eigenvalue weighted by molar-refractivity contribution is -0.146. The zero-order chi connectivity index (χ0) is 18.4. The highest BCUT2D eigenvalue weighted by Crippen LogP contribution is 2.25. The summed E-state index contributed by atoms with van der Waals surface area (Å²) in [5.41, 5.74) is 2.02. The molecule has 0 heterocycles. The molecule has 5 heteroatoms. The van der Waals surface area contributed by atoms with Crippen LogP contribution in [0.25, 0.3) is 0 Å². The predicted octanol–water partition coefficient (Wildman–Crippen LogP) is 2.02. The van der Waals surface area contributed by atoms with Gasteiger partial charge in [-0.15, -0.1) is 0 Å². The van der Waals surface area contributed by atoms with E-state index in [4.69, 9.17) is 9.47 Å². The first-order valence-corrected chi connectivity index (χ1v) is 8.53. The maximum atomic E-state index is 11.3. The van der Waals surface area contributed by atoms with E-state index in [9.17, 15) is 15.0 Å². The minimum atomic E-state index is -1.19. The molecule has 0 aliphatic heterocycles. The highest BCUT2D eigenvalue weighted by Gasteiger charge is 2.40. The van der Waals surface area contributed by atoms with E-state index in [0.29, 0.717) is 6.29 Å². The third-order valence-corrected chi connectivity index (χ3v) is 4.39. The third kappa shape index (κ3) is 4.45. The van der Waals surface area contributed by atoms with Crippen LogP contribution in [0.15, 0.2) is 72.3 Å². The van der Waals surface area contributed by atoms with Crippen molar-refractivity contribution < 1.29 is 24.5 Å². The van der Waals surface area contributed by atoms with Gasteiger partial charge >= 0.3 is 0 Å². The van der Waals surface area contributed by atoms with Crippen molar-refractivity contribution in [3.05, 3.63) is 83.4 Å². The SMILES string of the molecule is O=CC1=C[C@H](OCc2ccccc2)[C@@H](O)[C@H](OCc2ccccc2)[C@H]1O. The number of ether oxygens (including phenoxy) is 2. The van der Waals surface area contributed by atoms with Gasteiger partial charge in [-0.2, -0.15) is 0 Å². The van der Waals surface area contributed by atoms with Crippen molar-refractivity contribution in [3.63, 3.8) is 0 Å². The minimum absolute atomic E-state index is 0.159. The molecule has 0 fully saturated rings. The summed E-state index contributed by atoms with van der Waals surface area (Å²) in [4.78, 5) is 11.3. The zero-order valence-electron chi connectivity index (χ0n) is 14.3. The van der Waals surface area contributed by atoms with Gasteiger partial charge in [0.2, 0.25) is 0 Å². The fraction of sp³-hybridized carbons (Fsp3) is 0.286. The molecule has 0 aromatic heterocycles. The van der Waals surface area contributed by atoms with Crippen LogP contribution in [0.3, 0.4) is 0 Å². The quantitative estimate of drug-likeness (QED) is 0.744. The summed E-state index contributed by atoms with van der Waals surface area (Å²) in [5.74, 6) is 0. The second-order valence-corrected chi connectivity index (χ2v) is 6.24. The monoisotopic (exact) mass is 354 g/mol.